The van der Waals surface area contributed by atoms with E-state index in [0.717, 1.165) is 18.9 Å². The maximum Gasteiger partial charge on any atom is 0.419 e. The van der Waals surface area contributed by atoms with E-state index < -0.39 is 18.3 Å². The highest BCUT2D eigenvalue weighted by molar-refractivity contribution is 5.39. The molecule has 6 heteroatoms. The number of hydrogen-bond acceptors (Lipinski definition) is 3. The Morgan fingerprint density at radius 3 is 2.65 bits per heavy atom. The Morgan fingerprint density at radius 1 is 1.35 bits per heavy atom. The zero-order chi connectivity index (χ0) is 14.8. The molecule has 0 amide bonds. The van der Waals surface area contributed by atoms with Gasteiger partial charge in [-0.1, -0.05) is 6.07 Å². The Kier molecular flexibility index (Phi) is 4.55. The molecular weight excluding hydrogens is 273 g/mol. The van der Waals surface area contributed by atoms with Crippen molar-refractivity contribution in [2.75, 3.05) is 6.61 Å². The van der Waals surface area contributed by atoms with Crippen LogP contribution in [0, 0.1) is 0 Å². The van der Waals surface area contributed by atoms with Gasteiger partial charge in [-0.2, -0.15) is 13.2 Å². The topological polar surface area (TPSA) is 38.7 Å². The van der Waals surface area contributed by atoms with E-state index in [4.69, 9.17) is 14.6 Å². The monoisotopic (exact) mass is 290 g/mol. The molecule has 1 aliphatic rings. The van der Waals surface area contributed by atoms with Crippen molar-refractivity contribution in [1.29, 1.82) is 0 Å². The molecule has 1 saturated heterocycles. The molecule has 1 aromatic carbocycles. The number of halogens is 3. The molecule has 0 aromatic heterocycles. The minimum absolute atomic E-state index is 0.103. The second-order valence-corrected chi connectivity index (χ2v) is 4.94. The lowest BCUT2D eigenvalue weighted by atomic mass is 10.1. The average Bonchev–Trinajstić information content (AvgIpc) is 2.81. The van der Waals surface area contributed by atoms with Crippen LogP contribution in [0.2, 0.25) is 0 Å². The van der Waals surface area contributed by atoms with Crippen molar-refractivity contribution in [2.24, 2.45) is 0 Å². The van der Waals surface area contributed by atoms with E-state index in [1.165, 1.54) is 12.1 Å². The van der Waals surface area contributed by atoms with Gasteiger partial charge in [-0.3, -0.25) is 0 Å². The quantitative estimate of drug-likeness (QED) is 0.926. The molecular formula is C14H17F3O3. The van der Waals surface area contributed by atoms with Gasteiger partial charge >= 0.3 is 6.18 Å². The lowest BCUT2D eigenvalue weighted by Crippen LogP contribution is -2.19. The molecule has 1 fully saturated rings. The molecule has 112 valence electrons. The van der Waals surface area contributed by atoms with Crippen LogP contribution in [-0.2, 0) is 17.5 Å². The van der Waals surface area contributed by atoms with E-state index >= 15 is 0 Å². The fraction of sp³-hybridized carbons (Fsp3) is 0.571. The Labute approximate surface area is 115 Å². The van der Waals surface area contributed by atoms with Gasteiger partial charge in [0.2, 0.25) is 0 Å². The summed E-state index contributed by atoms with van der Waals surface area (Å²) < 4.78 is 49.6. The van der Waals surface area contributed by atoms with Crippen LogP contribution in [0.25, 0.3) is 0 Å². The Hall–Kier alpha value is -1.27. The van der Waals surface area contributed by atoms with E-state index in [-0.39, 0.29) is 30.1 Å². The Balaban J connectivity index is 2.10. The number of alkyl halides is 3. The molecule has 0 radical (unpaired) electrons. The number of hydrogen-bond donors (Lipinski definition) is 1. The third-order valence-corrected chi connectivity index (χ3v) is 3.28. The summed E-state index contributed by atoms with van der Waals surface area (Å²) in [4.78, 5) is 0. The van der Waals surface area contributed by atoms with Gasteiger partial charge in [-0.05, 0) is 37.5 Å². The Bertz CT molecular complexity index is 459. The molecule has 1 heterocycles. The summed E-state index contributed by atoms with van der Waals surface area (Å²) in [7, 11) is 0. The highest BCUT2D eigenvalue weighted by atomic mass is 19.4. The third-order valence-electron chi connectivity index (χ3n) is 3.28. The first-order valence-electron chi connectivity index (χ1n) is 6.49. The molecule has 0 spiro atoms. The van der Waals surface area contributed by atoms with Gasteiger partial charge in [0.15, 0.2) is 0 Å². The van der Waals surface area contributed by atoms with E-state index in [2.05, 4.69) is 0 Å². The molecule has 1 aromatic rings. The predicted molar refractivity (Wildman–Crippen MR) is 66.4 cm³/mol. The lowest BCUT2D eigenvalue weighted by molar-refractivity contribution is -0.139. The van der Waals surface area contributed by atoms with Crippen molar-refractivity contribution < 1.29 is 27.8 Å². The molecule has 20 heavy (non-hydrogen) atoms. The van der Waals surface area contributed by atoms with Gasteiger partial charge in [0, 0.05) is 0 Å². The van der Waals surface area contributed by atoms with E-state index in [1.807, 2.05) is 6.92 Å². The number of aliphatic hydroxyl groups excluding tert-OH is 1. The summed E-state index contributed by atoms with van der Waals surface area (Å²) in [5.41, 5.74) is -0.662. The van der Waals surface area contributed by atoms with Gasteiger partial charge in [0.05, 0.1) is 24.4 Å². The molecule has 2 unspecified atom stereocenters. The zero-order valence-corrected chi connectivity index (χ0v) is 11.1. The highest BCUT2D eigenvalue weighted by Crippen LogP contribution is 2.37. The average molecular weight is 290 g/mol. The van der Waals surface area contributed by atoms with Crippen LogP contribution in [0.4, 0.5) is 13.2 Å². The van der Waals surface area contributed by atoms with Gasteiger partial charge in [0.1, 0.15) is 12.4 Å². The number of aliphatic hydroxyl groups is 1. The van der Waals surface area contributed by atoms with Gasteiger partial charge < -0.3 is 14.6 Å². The summed E-state index contributed by atoms with van der Waals surface area (Å²) in [6, 6.07) is 3.57. The molecule has 1 N–H and O–H groups in total. The first kappa shape index (κ1) is 15.1. The number of rotatable bonds is 4. The normalized spacial score (nSPS) is 23.1. The molecule has 0 aliphatic carbocycles. The predicted octanol–water partition coefficient (Wildman–Crippen LogP) is 3.14. The Morgan fingerprint density at radius 2 is 2.10 bits per heavy atom. The summed E-state index contributed by atoms with van der Waals surface area (Å²) in [6.07, 6.45) is -2.86. The minimum Gasteiger partial charge on any atom is -0.490 e. The molecule has 0 saturated carbocycles. The van der Waals surface area contributed by atoms with Crippen LogP contribution in [-0.4, -0.2) is 23.9 Å². The molecule has 2 atom stereocenters. The van der Waals surface area contributed by atoms with Crippen molar-refractivity contribution in [3.63, 3.8) is 0 Å². The fourth-order valence-corrected chi connectivity index (χ4v) is 2.21. The molecule has 1 aliphatic heterocycles. The van der Waals surface area contributed by atoms with Crippen LogP contribution in [0.15, 0.2) is 18.2 Å². The molecule has 3 nitrogen and oxygen atoms in total. The smallest absolute Gasteiger partial charge is 0.419 e. The van der Waals surface area contributed by atoms with Gasteiger partial charge in [-0.25, -0.2) is 0 Å². The summed E-state index contributed by atoms with van der Waals surface area (Å²) >= 11 is 0. The standard InChI is InChI=1S/C14H17F3O3/c1-9-2-4-11(20-9)8-19-13-5-3-10(7-18)6-12(13)14(15,16)17/h3,5-6,9,11,18H,2,4,7-8H2,1H3. The maximum atomic E-state index is 12.9. The van der Waals surface area contributed by atoms with Crippen LogP contribution in [0.5, 0.6) is 5.75 Å². The number of benzene rings is 1. The zero-order valence-electron chi connectivity index (χ0n) is 11.1. The second kappa shape index (κ2) is 6.01. The van der Waals surface area contributed by atoms with Gasteiger partial charge in [0.25, 0.3) is 0 Å². The summed E-state index contributed by atoms with van der Waals surface area (Å²) in [5, 5.41) is 8.92. The minimum atomic E-state index is -4.51. The largest absolute Gasteiger partial charge is 0.490 e. The maximum absolute atomic E-state index is 12.9. The first-order valence-corrected chi connectivity index (χ1v) is 6.49. The SMILES string of the molecule is CC1CCC(COc2ccc(CO)cc2C(F)(F)F)O1. The van der Waals surface area contributed by atoms with E-state index in [1.54, 1.807) is 0 Å². The second-order valence-electron chi connectivity index (χ2n) is 4.94. The van der Waals surface area contributed by atoms with Crippen LogP contribution in [0.3, 0.4) is 0 Å². The lowest BCUT2D eigenvalue weighted by Gasteiger charge is -2.17. The van der Waals surface area contributed by atoms with Crippen LogP contribution >= 0.6 is 0 Å². The van der Waals surface area contributed by atoms with Crippen molar-refractivity contribution in [3.8, 4) is 5.75 Å². The van der Waals surface area contributed by atoms with Crippen molar-refractivity contribution in [1.82, 2.24) is 0 Å². The summed E-state index contributed by atoms with van der Waals surface area (Å²) in [6.45, 7) is 1.59. The van der Waals surface area contributed by atoms with Gasteiger partial charge in [-0.15, -0.1) is 0 Å². The van der Waals surface area contributed by atoms with Crippen LogP contribution in [0.1, 0.15) is 30.9 Å². The molecule has 0 bridgehead atoms. The van der Waals surface area contributed by atoms with E-state index in [0.29, 0.717) is 0 Å². The summed E-state index contributed by atoms with van der Waals surface area (Å²) in [5.74, 6) is -0.224. The van der Waals surface area contributed by atoms with Crippen molar-refractivity contribution in [2.45, 2.75) is 44.8 Å². The van der Waals surface area contributed by atoms with E-state index in [9.17, 15) is 13.2 Å². The van der Waals surface area contributed by atoms with Crippen molar-refractivity contribution in [3.05, 3.63) is 29.3 Å². The highest BCUT2D eigenvalue weighted by Gasteiger charge is 2.35. The number of ether oxygens (including phenoxy) is 2. The molecule has 2 rings (SSSR count). The third kappa shape index (κ3) is 3.64. The fourth-order valence-electron chi connectivity index (χ4n) is 2.21. The van der Waals surface area contributed by atoms with Crippen LogP contribution < -0.4 is 4.74 Å². The first-order chi connectivity index (χ1) is 9.40. The van der Waals surface area contributed by atoms with Crippen molar-refractivity contribution >= 4 is 0 Å².